The van der Waals surface area contributed by atoms with Gasteiger partial charge in [-0.3, -0.25) is 0 Å². The Kier molecular flexibility index (Phi) is 4.66. The van der Waals surface area contributed by atoms with Crippen molar-refractivity contribution in [3.05, 3.63) is 30.6 Å². The molecule has 20 heavy (non-hydrogen) atoms. The number of nitrogens with one attached hydrogen (secondary N) is 1. The van der Waals surface area contributed by atoms with E-state index in [1.54, 1.807) is 0 Å². The zero-order chi connectivity index (χ0) is 13.6. The van der Waals surface area contributed by atoms with E-state index < -0.39 is 0 Å². The number of likely N-dealkylation sites (tertiary alicyclic amines) is 1. The highest BCUT2D eigenvalue weighted by Gasteiger charge is 2.09. The lowest BCUT2D eigenvalue weighted by molar-refractivity contribution is 0.331. The number of nitrogens with zero attached hydrogens (tertiary/aromatic N) is 3. The molecule has 0 amide bonds. The summed E-state index contributed by atoms with van der Waals surface area (Å²) in [5, 5.41) is 3.54. The first-order chi connectivity index (χ1) is 9.93. The molecule has 1 fully saturated rings. The van der Waals surface area contributed by atoms with E-state index in [1.807, 2.05) is 12.4 Å². The van der Waals surface area contributed by atoms with Gasteiger partial charge in [-0.15, -0.1) is 0 Å². The number of imidazole rings is 1. The summed E-state index contributed by atoms with van der Waals surface area (Å²) in [5.41, 5.74) is 2.31. The average molecular weight is 272 g/mol. The summed E-state index contributed by atoms with van der Waals surface area (Å²) >= 11 is 0. The van der Waals surface area contributed by atoms with Gasteiger partial charge < -0.3 is 14.8 Å². The van der Waals surface area contributed by atoms with Gasteiger partial charge in [-0.2, -0.15) is 0 Å². The van der Waals surface area contributed by atoms with Crippen LogP contribution in [0.3, 0.4) is 0 Å². The number of para-hydroxylation sites is 2. The van der Waals surface area contributed by atoms with Crippen molar-refractivity contribution in [1.29, 1.82) is 0 Å². The minimum absolute atomic E-state index is 0.990. The van der Waals surface area contributed by atoms with E-state index >= 15 is 0 Å². The van der Waals surface area contributed by atoms with Gasteiger partial charge in [0.25, 0.3) is 0 Å². The molecule has 1 aliphatic rings. The van der Waals surface area contributed by atoms with Crippen molar-refractivity contribution >= 4 is 11.0 Å². The van der Waals surface area contributed by atoms with Crippen LogP contribution in [0, 0.1) is 0 Å². The normalized spacial score (nSPS) is 16.2. The lowest BCUT2D eigenvalue weighted by Crippen LogP contribution is -2.26. The van der Waals surface area contributed by atoms with Crippen LogP contribution in [0.4, 0.5) is 0 Å². The van der Waals surface area contributed by atoms with Gasteiger partial charge in [-0.05, 0) is 57.6 Å². The van der Waals surface area contributed by atoms with Crippen LogP contribution >= 0.6 is 0 Å². The number of benzene rings is 1. The number of rotatable bonds is 7. The third-order valence-electron chi connectivity index (χ3n) is 4.08. The van der Waals surface area contributed by atoms with E-state index in [0.29, 0.717) is 0 Å². The zero-order valence-corrected chi connectivity index (χ0v) is 12.1. The van der Waals surface area contributed by atoms with Gasteiger partial charge in [0.1, 0.15) is 0 Å². The highest BCUT2D eigenvalue weighted by atomic mass is 15.1. The first-order valence-electron chi connectivity index (χ1n) is 7.76. The first kappa shape index (κ1) is 13.6. The number of fused-ring (bicyclic) bond motifs is 1. The van der Waals surface area contributed by atoms with Crippen molar-refractivity contribution in [2.45, 2.75) is 25.8 Å². The van der Waals surface area contributed by atoms with E-state index in [9.17, 15) is 0 Å². The summed E-state index contributed by atoms with van der Waals surface area (Å²) in [6.45, 7) is 6.98. The summed E-state index contributed by atoms with van der Waals surface area (Å²) in [6.07, 6.45) is 5.98. The van der Waals surface area contributed by atoms with Gasteiger partial charge in [0.05, 0.1) is 17.4 Å². The van der Waals surface area contributed by atoms with Gasteiger partial charge >= 0.3 is 0 Å². The van der Waals surface area contributed by atoms with E-state index in [4.69, 9.17) is 0 Å². The van der Waals surface area contributed by atoms with E-state index in [-0.39, 0.29) is 0 Å². The third kappa shape index (κ3) is 3.38. The fourth-order valence-corrected chi connectivity index (χ4v) is 2.95. The van der Waals surface area contributed by atoms with Gasteiger partial charge in [-0.1, -0.05) is 12.1 Å². The predicted molar refractivity (Wildman–Crippen MR) is 82.9 cm³/mol. The van der Waals surface area contributed by atoms with E-state index in [0.717, 1.165) is 25.2 Å². The molecule has 0 spiro atoms. The molecule has 0 atom stereocenters. The number of hydrogen-bond donors (Lipinski definition) is 1. The Morgan fingerprint density at radius 3 is 2.80 bits per heavy atom. The van der Waals surface area contributed by atoms with Gasteiger partial charge in [-0.25, -0.2) is 4.98 Å². The molecule has 108 valence electrons. The van der Waals surface area contributed by atoms with E-state index in [2.05, 4.69) is 38.0 Å². The molecule has 3 rings (SSSR count). The molecule has 1 aromatic heterocycles. The van der Waals surface area contributed by atoms with Crippen LogP contribution < -0.4 is 5.32 Å². The summed E-state index contributed by atoms with van der Waals surface area (Å²) in [6, 6.07) is 8.31. The van der Waals surface area contributed by atoms with Crippen molar-refractivity contribution < 1.29 is 0 Å². The van der Waals surface area contributed by atoms with Crippen LogP contribution in [0.1, 0.15) is 19.3 Å². The lowest BCUT2D eigenvalue weighted by Gasteiger charge is -2.14. The highest BCUT2D eigenvalue weighted by molar-refractivity contribution is 5.74. The Labute approximate surface area is 120 Å². The van der Waals surface area contributed by atoms with Crippen molar-refractivity contribution in [3.8, 4) is 0 Å². The molecule has 1 aliphatic heterocycles. The molecule has 0 unspecified atom stereocenters. The van der Waals surface area contributed by atoms with Crippen molar-refractivity contribution in [3.63, 3.8) is 0 Å². The maximum atomic E-state index is 4.41. The van der Waals surface area contributed by atoms with Gasteiger partial charge in [0.2, 0.25) is 0 Å². The molecule has 0 aliphatic carbocycles. The van der Waals surface area contributed by atoms with Crippen molar-refractivity contribution in [1.82, 2.24) is 19.8 Å². The minimum Gasteiger partial charge on any atom is -0.329 e. The third-order valence-corrected chi connectivity index (χ3v) is 4.08. The largest absolute Gasteiger partial charge is 0.329 e. The van der Waals surface area contributed by atoms with Crippen LogP contribution in [0.25, 0.3) is 11.0 Å². The SMILES string of the molecule is c1ccc2c(c1)ncn2CCNCCCN1CCCC1. The fourth-order valence-electron chi connectivity index (χ4n) is 2.95. The second kappa shape index (κ2) is 6.86. The average Bonchev–Trinajstić information content (AvgIpc) is 3.12. The Morgan fingerprint density at radius 2 is 1.90 bits per heavy atom. The molecule has 0 saturated carbocycles. The Morgan fingerprint density at radius 1 is 1.05 bits per heavy atom. The topological polar surface area (TPSA) is 33.1 Å². The summed E-state index contributed by atoms with van der Waals surface area (Å²) < 4.78 is 2.23. The Hall–Kier alpha value is -1.39. The Bertz CT molecular complexity index is 528. The van der Waals surface area contributed by atoms with Crippen LogP contribution in [-0.4, -0.2) is 47.2 Å². The lowest BCUT2D eigenvalue weighted by atomic mass is 10.3. The quantitative estimate of drug-likeness (QED) is 0.784. The smallest absolute Gasteiger partial charge is 0.0958 e. The van der Waals surface area contributed by atoms with Crippen molar-refractivity contribution in [2.24, 2.45) is 0 Å². The minimum atomic E-state index is 0.990. The maximum Gasteiger partial charge on any atom is 0.0958 e. The van der Waals surface area contributed by atoms with Crippen LogP contribution in [0.15, 0.2) is 30.6 Å². The molecule has 1 saturated heterocycles. The van der Waals surface area contributed by atoms with Crippen molar-refractivity contribution in [2.75, 3.05) is 32.7 Å². The Balaban J connectivity index is 1.35. The predicted octanol–water partition coefficient (Wildman–Crippen LogP) is 2.11. The molecule has 2 aromatic rings. The fraction of sp³-hybridized carbons (Fsp3) is 0.562. The van der Waals surface area contributed by atoms with Crippen LogP contribution in [0.5, 0.6) is 0 Å². The molecular weight excluding hydrogens is 248 g/mol. The van der Waals surface area contributed by atoms with E-state index in [1.165, 1.54) is 44.4 Å². The zero-order valence-electron chi connectivity index (χ0n) is 12.1. The molecule has 2 heterocycles. The number of aromatic nitrogens is 2. The standard InChI is InChI=1S/C16H24N4/c1-2-7-16-15(6-1)18-14-20(16)13-9-17-8-5-12-19-10-3-4-11-19/h1-2,6-7,14,17H,3-5,8-13H2. The molecular formula is C16H24N4. The second-order valence-corrected chi connectivity index (χ2v) is 5.58. The molecule has 4 nitrogen and oxygen atoms in total. The van der Waals surface area contributed by atoms with Crippen LogP contribution in [-0.2, 0) is 6.54 Å². The molecule has 0 radical (unpaired) electrons. The summed E-state index contributed by atoms with van der Waals surface area (Å²) in [4.78, 5) is 6.99. The molecule has 0 bridgehead atoms. The monoisotopic (exact) mass is 272 g/mol. The number of hydrogen-bond acceptors (Lipinski definition) is 3. The summed E-state index contributed by atoms with van der Waals surface area (Å²) in [5.74, 6) is 0. The highest BCUT2D eigenvalue weighted by Crippen LogP contribution is 2.11. The molecule has 4 heteroatoms. The summed E-state index contributed by atoms with van der Waals surface area (Å²) in [7, 11) is 0. The molecule has 1 aromatic carbocycles. The second-order valence-electron chi connectivity index (χ2n) is 5.58. The van der Waals surface area contributed by atoms with Gasteiger partial charge in [0.15, 0.2) is 0 Å². The van der Waals surface area contributed by atoms with Crippen LogP contribution in [0.2, 0.25) is 0 Å². The first-order valence-corrected chi connectivity index (χ1v) is 7.76. The maximum absolute atomic E-state index is 4.41. The van der Waals surface area contributed by atoms with Gasteiger partial charge in [0, 0.05) is 13.1 Å². The molecule has 1 N–H and O–H groups in total.